The van der Waals surface area contributed by atoms with Gasteiger partial charge in [0.15, 0.2) is 0 Å². The van der Waals surface area contributed by atoms with Gasteiger partial charge in [-0.15, -0.1) is 0 Å². The molecule has 0 aliphatic rings. The van der Waals surface area contributed by atoms with Gasteiger partial charge in [-0.1, -0.05) is 50.9 Å². The number of carbonyl (C=O) groups excluding carboxylic acids is 2. The lowest BCUT2D eigenvalue weighted by atomic mass is 10.0. The van der Waals surface area contributed by atoms with E-state index in [-0.39, 0.29) is 17.7 Å². The van der Waals surface area contributed by atoms with E-state index in [2.05, 4.69) is 42.5 Å². The summed E-state index contributed by atoms with van der Waals surface area (Å²) in [6, 6.07) is 14.9. The van der Waals surface area contributed by atoms with Crippen molar-refractivity contribution in [2.75, 3.05) is 10.6 Å². The lowest BCUT2D eigenvalue weighted by Crippen LogP contribution is -2.17. The van der Waals surface area contributed by atoms with Crippen LogP contribution in [-0.2, 0) is 9.59 Å². The number of carbonyl (C=O) groups is 2. The van der Waals surface area contributed by atoms with Gasteiger partial charge in [0, 0.05) is 33.2 Å². The molecule has 2 aromatic carbocycles. The molecule has 0 radical (unpaired) electrons. The summed E-state index contributed by atoms with van der Waals surface area (Å²) in [5.41, 5.74) is 1.53. The van der Waals surface area contributed by atoms with Gasteiger partial charge >= 0.3 is 0 Å². The van der Waals surface area contributed by atoms with E-state index in [0.717, 1.165) is 20.3 Å². The minimum Gasteiger partial charge on any atom is -0.326 e. The summed E-state index contributed by atoms with van der Waals surface area (Å²) in [4.78, 5) is 24.1. The second kappa shape index (κ2) is 9.73. The minimum absolute atomic E-state index is 0.0435. The molecule has 0 heterocycles. The Hall–Kier alpha value is -1.66. The van der Waals surface area contributed by atoms with Gasteiger partial charge in [0.25, 0.3) is 0 Å². The van der Waals surface area contributed by atoms with E-state index in [1.165, 1.54) is 0 Å². The molecule has 132 valence electrons. The van der Waals surface area contributed by atoms with E-state index in [4.69, 9.17) is 0 Å². The molecule has 2 N–H and O–H groups in total. The first kappa shape index (κ1) is 19.7. The number of benzene rings is 2. The number of hydrogen-bond donors (Lipinski definition) is 2. The van der Waals surface area contributed by atoms with Crippen molar-refractivity contribution < 1.29 is 9.59 Å². The Labute approximate surface area is 164 Å². The molecule has 4 nitrogen and oxygen atoms in total. The molecule has 2 aromatic rings. The molecule has 0 unspecified atom stereocenters. The van der Waals surface area contributed by atoms with Crippen LogP contribution in [0.1, 0.15) is 26.2 Å². The molecule has 1 atom stereocenters. The van der Waals surface area contributed by atoms with Crippen molar-refractivity contribution in [1.82, 2.24) is 0 Å². The van der Waals surface area contributed by atoms with Gasteiger partial charge in [0.2, 0.25) is 11.8 Å². The van der Waals surface area contributed by atoms with Gasteiger partial charge < -0.3 is 10.6 Å². The summed E-state index contributed by atoms with van der Waals surface area (Å²) >= 11 is 6.75. The van der Waals surface area contributed by atoms with Crippen molar-refractivity contribution in [3.05, 3.63) is 57.5 Å². The second-order valence-corrected chi connectivity index (χ2v) is 7.80. The fourth-order valence-electron chi connectivity index (χ4n) is 2.36. The van der Waals surface area contributed by atoms with Gasteiger partial charge in [-0.3, -0.25) is 9.59 Å². The van der Waals surface area contributed by atoms with Gasteiger partial charge in [-0.2, -0.15) is 0 Å². The maximum absolute atomic E-state index is 12.1. The van der Waals surface area contributed by atoms with Crippen LogP contribution in [0.2, 0.25) is 0 Å². The summed E-state index contributed by atoms with van der Waals surface area (Å²) in [7, 11) is 0. The molecule has 0 aromatic heterocycles. The average Bonchev–Trinajstić information content (AvgIpc) is 2.53. The van der Waals surface area contributed by atoms with Crippen molar-refractivity contribution in [2.24, 2.45) is 5.92 Å². The Morgan fingerprint density at radius 2 is 1.44 bits per heavy atom. The van der Waals surface area contributed by atoms with Gasteiger partial charge in [-0.25, -0.2) is 0 Å². The van der Waals surface area contributed by atoms with Crippen LogP contribution in [0.3, 0.4) is 0 Å². The zero-order chi connectivity index (χ0) is 18.2. The third-order valence-corrected chi connectivity index (χ3v) is 4.60. The van der Waals surface area contributed by atoms with Crippen LogP contribution in [0.4, 0.5) is 11.4 Å². The Balaban J connectivity index is 1.73. The van der Waals surface area contributed by atoms with Gasteiger partial charge in [-0.05, 0) is 48.7 Å². The molecule has 0 spiro atoms. The maximum atomic E-state index is 12.1. The average molecular weight is 468 g/mol. The molecule has 0 aliphatic heterocycles. The zero-order valence-electron chi connectivity index (χ0n) is 13.9. The molecular formula is C19H20Br2N2O2. The second-order valence-electron chi connectivity index (χ2n) is 5.97. The zero-order valence-corrected chi connectivity index (χ0v) is 17.1. The molecule has 0 fully saturated rings. The molecular weight excluding hydrogens is 448 g/mol. The van der Waals surface area contributed by atoms with Crippen LogP contribution < -0.4 is 10.6 Å². The molecule has 0 bridgehead atoms. The van der Waals surface area contributed by atoms with Crippen LogP contribution in [0.25, 0.3) is 0 Å². The predicted octanol–water partition coefficient (Wildman–Crippen LogP) is 5.60. The van der Waals surface area contributed by atoms with E-state index in [0.29, 0.717) is 19.3 Å². The van der Waals surface area contributed by atoms with Crippen molar-refractivity contribution in [3.8, 4) is 0 Å². The number of rotatable bonds is 7. The highest BCUT2D eigenvalue weighted by molar-refractivity contribution is 9.10. The van der Waals surface area contributed by atoms with Gasteiger partial charge in [0.1, 0.15) is 0 Å². The van der Waals surface area contributed by atoms with Crippen LogP contribution in [-0.4, -0.2) is 11.8 Å². The Kier molecular flexibility index (Phi) is 7.65. The Morgan fingerprint density at radius 3 is 1.96 bits per heavy atom. The maximum Gasteiger partial charge on any atom is 0.224 e. The monoisotopic (exact) mass is 466 g/mol. The summed E-state index contributed by atoms with van der Waals surface area (Å²) in [6.07, 6.45) is 1.43. The lowest BCUT2D eigenvalue weighted by molar-refractivity contribution is -0.118. The fourth-order valence-corrected chi connectivity index (χ4v) is 3.16. The van der Waals surface area contributed by atoms with Gasteiger partial charge in [0.05, 0.1) is 0 Å². The summed E-state index contributed by atoms with van der Waals surface area (Å²) in [5.74, 6) is 0.0377. The smallest absolute Gasteiger partial charge is 0.224 e. The molecule has 6 heteroatoms. The van der Waals surface area contributed by atoms with E-state index in [1.54, 1.807) is 0 Å². The highest BCUT2D eigenvalue weighted by atomic mass is 79.9. The summed E-state index contributed by atoms with van der Waals surface area (Å²) < 4.78 is 1.84. The van der Waals surface area contributed by atoms with Crippen molar-refractivity contribution in [2.45, 2.75) is 26.2 Å². The molecule has 2 rings (SSSR count). The van der Waals surface area contributed by atoms with Crippen molar-refractivity contribution in [1.29, 1.82) is 0 Å². The molecule has 0 saturated heterocycles. The largest absolute Gasteiger partial charge is 0.326 e. The summed E-state index contributed by atoms with van der Waals surface area (Å²) in [5, 5.41) is 5.74. The van der Waals surface area contributed by atoms with E-state index in [1.807, 2.05) is 55.5 Å². The molecule has 25 heavy (non-hydrogen) atoms. The number of anilines is 2. The van der Waals surface area contributed by atoms with Crippen molar-refractivity contribution in [3.63, 3.8) is 0 Å². The predicted molar refractivity (Wildman–Crippen MR) is 109 cm³/mol. The quantitative estimate of drug-likeness (QED) is 0.557. The SMILES string of the molecule is C[C@@H](CCC(=O)Nc1cccc(Br)c1)CC(=O)Nc1cccc(Br)c1. The van der Waals surface area contributed by atoms with Crippen LogP contribution in [0.5, 0.6) is 0 Å². The fraction of sp³-hybridized carbons (Fsp3) is 0.263. The van der Waals surface area contributed by atoms with E-state index < -0.39 is 0 Å². The highest BCUT2D eigenvalue weighted by Gasteiger charge is 2.12. The topological polar surface area (TPSA) is 58.2 Å². The normalized spacial score (nSPS) is 11.6. The highest BCUT2D eigenvalue weighted by Crippen LogP contribution is 2.19. The van der Waals surface area contributed by atoms with Crippen LogP contribution in [0.15, 0.2) is 57.5 Å². The number of nitrogens with one attached hydrogen (secondary N) is 2. The standard InChI is InChI=1S/C19H20Br2N2O2/c1-13(10-19(25)23-17-7-3-5-15(21)12-17)8-9-18(24)22-16-6-2-4-14(20)11-16/h2-7,11-13H,8-10H2,1H3,(H,22,24)(H,23,25)/t13-/m0/s1. The first-order valence-electron chi connectivity index (χ1n) is 8.03. The first-order chi connectivity index (χ1) is 11.9. The third-order valence-electron chi connectivity index (χ3n) is 3.61. The third kappa shape index (κ3) is 7.40. The lowest BCUT2D eigenvalue weighted by Gasteiger charge is -2.12. The minimum atomic E-state index is -0.0441. The number of amides is 2. The number of hydrogen-bond acceptors (Lipinski definition) is 2. The summed E-state index contributed by atoms with van der Waals surface area (Å²) in [6.45, 7) is 1.98. The molecule has 2 amide bonds. The van der Waals surface area contributed by atoms with E-state index in [9.17, 15) is 9.59 Å². The molecule has 0 saturated carbocycles. The van der Waals surface area contributed by atoms with Crippen LogP contribution >= 0.6 is 31.9 Å². The van der Waals surface area contributed by atoms with Crippen molar-refractivity contribution >= 4 is 55.0 Å². The van der Waals surface area contributed by atoms with Crippen LogP contribution in [0, 0.1) is 5.92 Å². The Morgan fingerprint density at radius 1 is 0.920 bits per heavy atom. The first-order valence-corrected chi connectivity index (χ1v) is 9.62. The Bertz CT molecular complexity index is 750. The molecule has 0 aliphatic carbocycles. The van der Waals surface area contributed by atoms with E-state index >= 15 is 0 Å². The number of halogens is 2.